The van der Waals surface area contributed by atoms with Gasteiger partial charge in [0.05, 0.1) is 19.9 Å². The van der Waals surface area contributed by atoms with E-state index in [0.29, 0.717) is 30.5 Å². The summed E-state index contributed by atoms with van der Waals surface area (Å²) in [7, 11) is 5.58. The number of nitrogens with zero attached hydrogens (tertiary/aromatic N) is 3. The molecule has 20 heavy (non-hydrogen) atoms. The van der Waals surface area contributed by atoms with Crippen molar-refractivity contribution in [2.45, 2.75) is 31.8 Å². The SMILES string of the molecule is COc1cnn(CCN(C)C)c1C(=O)CCNC1CC1. The van der Waals surface area contributed by atoms with E-state index in [9.17, 15) is 4.79 Å². The normalized spacial score (nSPS) is 14.8. The molecule has 112 valence electrons. The molecule has 0 amide bonds. The molecule has 0 spiro atoms. The summed E-state index contributed by atoms with van der Waals surface area (Å²) in [5.74, 6) is 0.659. The number of likely N-dealkylation sites (N-methyl/N-ethyl adjacent to an activating group) is 1. The molecule has 0 bridgehead atoms. The number of rotatable bonds is 9. The van der Waals surface area contributed by atoms with Crippen LogP contribution in [0.3, 0.4) is 0 Å². The van der Waals surface area contributed by atoms with E-state index in [-0.39, 0.29) is 5.78 Å². The topological polar surface area (TPSA) is 59.4 Å². The molecule has 2 rings (SSSR count). The minimum absolute atomic E-state index is 0.0891. The number of carbonyl (C=O) groups excluding carboxylic acids is 1. The first-order valence-electron chi connectivity index (χ1n) is 7.13. The van der Waals surface area contributed by atoms with Crippen LogP contribution in [-0.2, 0) is 6.54 Å². The minimum Gasteiger partial charge on any atom is -0.493 e. The fourth-order valence-corrected chi connectivity index (χ4v) is 2.06. The van der Waals surface area contributed by atoms with Crippen molar-refractivity contribution in [2.24, 2.45) is 0 Å². The molecule has 1 heterocycles. The highest BCUT2D eigenvalue weighted by atomic mass is 16.5. The van der Waals surface area contributed by atoms with Gasteiger partial charge in [-0.05, 0) is 26.9 Å². The van der Waals surface area contributed by atoms with Gasteiger partial charge in [-0.25, -0.2) is 0 Å². The monoisotopic (exact) mass is 280 g/mol. The lowest BCUT2D eigenvalue weighted by molar-refractivity contribution is 0.0968. The summed E-state index contributed by atoms with van der Waals surface area (Å²) >= 11 is 0. The fraction of sp³-hybridized carbons (Fsp3) is 0.714. The van der Waals surface area contributed by atoms with E-state index >= 15 is 0 Å². The van der Waals surface area contributed by atoms with Crippen molar-refractivity contribution < 1.29 is 9.53 Å². The van der Waals surface area contributed by atoms with E-state index in [2.05, 4.69) is 15.3 Å². The van der Waals surface area contributed by atoms with Crippen LogP contribution in [0.5, 0.6) is 5.75 Å². The van der Waals surface area contributed by atoms with Gasteiger partial charge in [0.25, 0.3) is 0 Å². The summed E-state index contributed by atoms with van der Waals surface area (Å²) in [4.78, 5) is 14.4. The number of Topliss-reactive ketones (excluding diaryl/α,β-unsaturated/α-hetero) is 1. The van der Waals surface area contributed by atoms with Gasteiger partial charge in [-0.2, -0.15) is 5.10 Å². The Morgan fingerprint density at radius 2 is 2.30 bits per heavy atom. The average molecular weight is 280 g/mol. The zero-order chi connectivity index (χ0) is 14.5. The third-order valence-corrected chi connectivity index (χ3v) is 3.41. The summed E-state index contributed by atoms with van der Waals surface area (Å²) in [5, 5.41) is 7.62. The maximum absolute atomic E-state index is 12.4. The van der Waals surface area contributed by atoms with Gasteiger partial charge in [-0.15, -0.1) is 0 Å². The molecule has 6 nitrogen and oxygen atoms in total. The molecule has 0 atom stereocenters. The first-order valence-corrected chi connectivity index (χ1v) is 7.13. The van der Waals surface area contributed by atoms with Crippen LogP contribution in [-0.4, -0.2) is 60.8 Å². The van der Waals surface area contributed by atoms with Gasteiger partial charge in [0.15, 0.2) is 11.5 Å². The molecule has 0 aliphatic heterocycles. The van der Waals surface area contributed by atoms with Crippen molar-refractivity contribution in [1.29, 1.82) is 0 Å². The zero-order valence-corrected chi connectivity index (χ0v) is 12.6. The molecule has 0 radical (unpaired) electrons. The van der Waals surface area contributed by atoms with Crippen molar-refractivity contribution in [3.05, 3.63) is 11.9 Å². The van der Waals surface area contributed by atoms with Gasteiger partial charge in [0, 0.05) is 25.6 Å². The highest BCUT2D eigenvalue weighted by molar-refractivity contribution is 5.97. The molecule has 0 aromatic carbocycles. The van der Waals surface area contributed by atoms with E-state index in [4.69, 9.17) is 4.74 Å². The van der Waals surface area contributed by atoms with Crippen LogP contribution >= 0.6 is 0 Å². The first-order chi connectivity index (χ1) is 9.61. The van der Waals surface area contributed by atoms with E-state index in [0.717, 1.165) is 13.1 Å². The van der Waals surface area contributed by atoms with Crippen LogP contribution in [0.25, 0.3) is 0 Å². The Kier molecular flexibility index (Phi) is 5.14. The predicted molar refractivity (Wildman–Crippen MR) is 77.3 cm³/mol. The molecule has 1 aromatic heterocycles. The molecular formula is C14H24N4O2. The lowest BCUT2D eigenvalue weighted by Gasteiger charge is -2.12. The molecule has 0 saturated heterocycles. The highest BCUT2D eigenvalue weighted by Gasteiger charge is 2.22. The molecule has 1 saturated carbocycles. The molecule has 1 fully saturated rings. The second-order valence-corrected chi connectivity index (χ2v) is 5.49. The number of hydrogen-bond acceptors (Lipinski definition) is 5. The van der Waals surface area contributed by atoms with Crippen LogP contribution in [0.4, 0.5) is 0 Å². The maximum Gasteiger partial charge on any atom is 0.185 e. The third-order valence-electron chi connectivity index (χ3n) is 3.41. The summed E-state index contributed by atoms with van der Waals surface area (Å²) in [5.41, 5.74) is 0.590. The smallest absolute Gasteiger partial charge is 0.185 e. The van der Waals surface area contributed by atoms with Gasteiger partial charge in [-0.1, -0.05) is 0 Å². The van der Waals surface area contributed by atoms with E-state index in [1.54, 1.807) is 18.0 Å². The Labute approximate surface area is 120 Å². The molecule has 6 heteroatoms. The minimum atomic E-state index is 0.0891. The fourth-order valence-electron chi connectivity index (χ4n) is 2.06. The Morgan fingerprint density at radius 1 is 1.55 bits per heavy atom. The standard InChI is InChI=1S/C14H24N4O2/c1-17(2)8-9-18-14(13(20-3)10-16-18)12(19)6-7-15-11-4-5-11/h10-11,15H,4-9H2,1-3H3. The molecule has 1 aromatic rings. The number of hydrogen-bond donors (Lipinski definition) is 1. The van der Waals surface area contributed by atoms with Crippen molar-refractivity contribution in [1.82, 2.24) is 20.0 Å². The van der Waals surface area contributed by atoms with Crippen molar-refractivity contribution in [2.75, 3.05) is 34.3 Å². The number of ether oxygens (including phenoxy) is 1. The number of aromatic nitrogens is 2. The van der Waals surface area contributed by atoms with Gasteiger partial charge in [-0.3, -0.25) is 9.48 Å². The van der Waals surface area contributed by atoms with Gasteiger partial charge >= 0.3 is 0 Å². The highest BCUT2D eigenvalue weighted by Crippen LogP contribution is 2.21. The van der Waals surface area contributed by atoms with Crippen LogP contribution < -0.4 is 10.1 Å². The van der Waals surface area contributed by atoms with Crippen LogP contribution in [0.15, 0.2) is 6.20 Å². The molecule has 1 aliphatic rings. The largest absolute Gasteiger partial charge is 0.493 e. The Bertz CT molecular complexity index is 452. The maximum atomic E-state index is 12.4. The Balaban J connectivity index is 1.97. The summed E-state index contributed by atoms with van der Waals surface area (Å²) < 4.78 is 7.00. The summed E-state index contributed by atoms with van der Waals surface area (Å²) in [6.45, 7) is 2.25. The van der Waals surface area contributed by atoms with Gasteiger partial charge < -0.3 is 15.0 Å². The Hall–Kier alpha value is -1.40. The summed E-state index contributed by atoms with van der Waals surface area (Å²) in [6.07, 6.45) is 4.58. The lowest BCUT2D eigenvalue weighted by Crippen LogP contribution is -2.24. The predicted octanol–water partition coefficient (Wildman–Crippen LogP) is 0.778. The van der Waals surface area contributed by atoms with Gasteiger partial charge in [0.1, 0.15) is 5.69 Å². The third kappa shape index (κ3) is 4.05. The van der Waals surface area contributed by atoms with Gasteiger partial charge in [0.2, 0.25) is 0 Å². The second-order valence-electron chi connectivity index (χ2n) is 5.49. The molecule has 1 aliphatic carbocycles. The summed E-state index contributed by atoms with van der Waals surface area (Å²) in [6, 6.07) is 0.628. The average Bonchev–Trinajstić information content (AvgIpc) is 3.14. The molecule has 0 unspecified atom stereocenters. The van der Waals surface area contributed by atoms with Crippen LogP contribution in [0, 0.1) is 0 Å². The quantitative estimate of drug-likeness (QED) is 0.677. The second kappa shape index (κ2) is 6.85. The molecular weight excluding hydrogens is 256 g/mol. The Morgan fingerprint density at radius 3 is 2.90 bits per heavy atom. The first kappa shape index (κ1) is 15.0. The van der Waals surface area contributed by atoms with Crippen molar-refractivity contribution in [3.63, 3.8) is 0 Å². The van der Waals surface area contributed by atoms with E-state index < -0.39 is 0 Å². The number of methoxy groups -OCH3 is 1. The van der Waals surface area contributed by atoms with Crippen LogP contribution in [0.1, 0.15) is 29.8 Å². The van der Waals surface area contributed by atoms with E-state index in [1.807, 2.05) is 14.1 Å². The lowest BCUT2D eigenvalue weighted by atomic mass is 10.2. The number of ketones is 1. The van der Waals surface area contributed by atoms with Crippen LogP contribution in [0.2, 0.25) is 0 Å². The number of carbonyl (C=O) groups is 1. The van der Waals surface area contributed by atoms with Crippen molar-refractivity contribution in [3.8, 4) is 5.75 Å². The van der Waals surface area contributed by atoms with Crippen molar-refractivity contribution >= 4 is 5.78 Å². The molecule has 1 N–H and O–H groups in total. The zero-order valence-electron chi connectivity index (χ0n) is 12.6. The van der Waals surface area contributed by atoms with E-state index in [1.165, 1.54) is 12.8 Å². The number of nitrogens with one attached hydrogen (secondary N) is 1.